The number of furan rings is 1. The number of hydrogen-bond acceptors (Lipinski definition) is 4. The first kappa shape index (κ1) is 19.9. The van der Waals surface area contributed by atoms with E-state index in [1.165, 1.54) is 12.1 Å². The molecule has 4 rings (SSSR count). The van der Waals surface area contributed by atoms with Gasteiger partial charge in [0, 0.05) is 0 Å². The maximum Gasteiger partial charge on any atom is 0.329 e. The van der Waals surface area contributed by atoms with Crippen LogP contribution in [0.1, 0.15) is 53.7 Å². The van der Waals surface area contributed by atoms with Gasteiger partial charge in [-0.3, -0.25) is 4.79 Å². The molecule has 3 N–H and O–H groups in total. The molecule has 0 aliphatic heterocycles. The van der Waals surface area contributed by atoms with Gasteiger partial charge in [0.2, 0.25) is 0 Å². The fourth-order valence-electron chi connectivity index (χ4n) is 3.92. The van der Waals surface area contributed by atoms with Gasteiger partial charge in [-0.05, 0) is 41.7 Å². The molecule has 2 aromatic carbocycles. The first-order valence-electron chi connectivity index (χ1n) is 9.98. The van der Waals surface area contributed by atoms with Crippen LogP contribution in [0.3, 0.4) is 0 Å². The normalized spacial score (nSPS) is 16.2. The lowest BCUT2D eigenvalue weighted by atomic mass is 9.98. The number of aliphatic hydroxyl groups is 1. The Morgan fingerprint density at radius 3 is 2.17 bits per heavy atom. The van der Waals surface area contributed by atoms with Crippen LogP contribution in [0.4, 0.5) is 0 Å². The van der Waals surface area contributed by atoms with Gasteiger partial charge in [-0.25, -0.2) is 4.79 Å². The number of nitrogens with one attached hydrogen (secondary N) is 1. The molecule has 3 aromatic rings. The van der Waals surface area contributed by atoms with Crippen LogP contribution in [0.15, 0.2) is 71.1 Å². The molecule has 154 valence electrons. The zero-order valence-corrected chi connectivity index (χ0v) is 16.4. The van der Waals surface area contributed by atoms with Crippen LogP contribution >= 0.6 is 0 Å². The summed E-state index contributed by atoms with van der Waals surface area (Å²) in [6.45, 7) is 0. The van der Waals surface area contributed by atoms with E-state index in [-0.39, 0.29) is 11.5 Å². The van der Waals surface area contributed by atoms with E-state index in [1.807, 2.05) is 54.6 Å². The number of aliphatic carboxylic acids is 1. The van der Waals surface area contributed by atoms with Gasteiger partial charge in [-0.1, -0.05) is 67.4 Å². The predicted molar refractivity (Wildman–Crippen MR) is 111 cm³/mol. The highest BCUT2D eigenvalue weighted by molar-refractivity contribution is 5.96. The molecule has 1 amide bonds. The van der Waals surface area contributed by atoms with Gasteiger partial charge in [-0.15, -0.1) is 0 Å². The third-order valence-electron chi connectivity index (χ3n) is 5.67. The first-order valence-corrected chi connectivity index (χ1v) is 9.98. The quantitative estimate of drug-likeness (QED) is 0.572. The van der Waals surface area contributed by atoms with Gasteiger partial charge < -0.3 is 19.9 Å². The number of hydrogen-bond donors (Lipinski definition) is 3. The SMILES string of the molecule is O=C(NC1(C(=O)O)CCCC1)c1ccc(C(O)c2ccc(-c3ccccc3)cc2)o1. The van der Waals surface area contributed by atoms with Gasteiger partial charge >= 0.3 is 5.97 Å². The van der Waals surface area contributed by atoms with Crippen LogP contribution in [0, 0.1) is 0 Å². The summed E-state index contributed by atoms with van der Waals surface area (Å²) in [6, 6.07) is 20.4. The highest BCUT2D eigenvalue weighted by Crippen LogP contribution is 2.31. The summed E-state index contributed by atoms with van der Waals surface area (Å²) in [4.78, 5) is 24.2. The minimum atomic E-state index is -1.24. The second-order valence-corrected chi connectivity index (χ2v) is 7.64. The lowest BCUT2D eigenvalue weighted by Crippen LogP contribution is -2.52. The Bertz CT molecular complexity index is 1030. The molecule has 1 atom stereocenters. The monoisotopic (exact) mass is 405 g/mol. The minimum Gasteiger partial charge on any atom is -0.480 e. The largest absolute Gasteiger partial charge is 0.480 e. The molecule has 1 unspecified atom stereocenters. The van der Waals surface area contributed by atoms with Crippen molar-refractivity contribution in [2.75, 3.05) is 0 Å². The van der Waals surface area contributed by atoms with Gasteiger partial charge in [-0.2, -0.15) is 0 Å². The van der Waals surface area contributed by atoms with Gasteiger partial charge in [0.25, 0.3) is 5.91 Å². The van der Waals surface area contributed by atoms with Gasteiger partial charge in [0.15, 0.2) is 5.76 Å². The number of aliphatic hydroxyl groups excluding tert-OH is 1. The van der Waals surface area contributed by atoms with Crippen molar-refractivity contribution >= 4 is 11.9 Å². The van der Waals surface area contributed by atoms with Crippen LogP contribution < -0.4 is 5.32 Å². The number of carbonyl (C=O) groups excluding carboxylic acids is 1. The van der Waals surface area contributed by atoms with Crippen molar-refractivity contribution < 1.29 is 24.2 Å². The molecule has 0 spiro atoms. The van der Waals surface area contributed by atoms with E-state index in [4.69, 9.17) is 4.42 Å². The number of carboxylic acids is 1. The van der Waals surface area contributed by atoms with Crippen molar-refractivity contribution in [2.45, 2.75) is 37.3 Å². The lowest BCUT2D eigenvalue weighted by molar-refractivity contribution is -0.144. The second kappa shape index (κ2) is 8.16. The molecule has 30 heavy (non-hydrogen) atoms. The Labute approximate surface area is 174 Å². The standard InChI is InChI=1S/C24H23NO5/c26-21(18-10-8-17(9-11-18)16-6-2-1-3-7-16)19-12-13-20(30-19)22(27)25-24(23(28)29)14-4-5-15-24/h1-3,6-13,21,26H,4-5,14-15H2,(H,25,27)(H,28,29). The van der Waals surface area contributed by atoms with Crippen LogP contribution in [0.2, 0.25) is 0 Å². The van der Waals surface area contributed by atoms with Crippen molar-refractivity contribution in [3.8, 4) is 11.1 Å². The van der Waals surface area contributed by atoms with E-state index >= 15 is 0 Å². The molecule has 1 aromatic heterocycles. The van der Waals surface area contributed by atoms with E-state index in [2.05, 4.69) is 5.32 Å². The summed E-state index contributed by atoms with van der Waals surface area (Å²) in [5.41, 5.74) is 1.50. The third kappa shape index (κ3) is 3.86. The summed E-state index contributed by atoms with van der Waals surface area (Å²) in [6.07, 6.45) is 1.29. The molecule has 1 heterocycles. The summed E-state index contributed by atoms with van der Waals surface area (Å²) < 4.78 is 5.56. The minimum absolute atomic E-state index is 0.0162. The molecule has 6 nitrogen and oxygen atoms in total. The van der Waals surface area contributed by atoms with Crippen LogP contribution in [-0.4, -0.2) is 27.6 Å². The van der Waals surface area contributed by atoms with E-state index < -0.39 is 23.5 Å². The van der Waals surface area contributed by atoms with Crippen molar-refractivity contribution in [1.82, 2.24) is 5.32 Å². The van der Waals surface area contributed by atoms with Gasteiger partial charge in [0.05, 0.1) is 0 Å². The van der Waals surface area contributed by atoms with Crippen LogP contribution in [0.5, 0.6) is 0 Å². The van der Waals surface area contributed by atoms with Crippen LogP contribution in [0.25, 0.3) is 11.1 Å². The molecule has 1 aliphatic rings. The van der Waals surface area contributed by atoms with E-state index in [1.54, 1.807) is 0 Å². The fraction of sp³-hybridized carbons (Fsp3) is 0.250. The first-order chi connectivity index (χ1) is 14.5. The second-order valence-electron chi connectivity index (χ2n) is 7.64. The molecular formula is C24H23NO5. The predicted octanol–water partition coefficient (Wildman–Crippen LogP) is 4.16. The molecular weight excluding hydrogens is 382 g/mol. The molecule has 1 saturated carbocycles. The molecule has 0 radical (unpaired) electrons. The zero-order valence-electron chi connectivity index (χ0n) is 16.4. The van der Waals surface area contributed by atoms with Crippen molar-refractivity contribution in [1.29, 1.82) is 0 Å². The van der Waals surface area contributed by atoms with Crippen molar-refractivity contribution in [3.63, 3.8) is 0 Å². The van der Waals surface area contributed by atoms with Crippen molar-refractivity contribution in [2.24, 2.45) is 0 Å². The summed E-state index contributed by atoms with van der Waals surface area (Å²) in [5, 5.41) is 22.8. The average Bonchev–Trinajstić information content (AvgIpc) is 3.45. The molecule has 0 saturated heterocycles. The van der Waals surface area contributed by atoms with Crippen molar-refractivity contribution in [3.05, 3.63) is 83.8 Å². The molecule has 6 heteroatoms. The molecule has 1 aliphatic carbocycles. The summed E-state index contributed by atoms with van der Waals surface area (Å²) >= 11 is 0. The van der Waals surface area contributed by atoms with E-state index in [0.717, 1.165) is 24.0 Å². The topological polar surface area (TPSA) is 99.8 Å². The van der Waals surface area contributed by atoms with E-state index in [0.29, 0.717) is 18.4 Å². The number of carboxylic acid groups (broad SMARTS) is 1. The summed E-state index contributed by atoms with van der Waals surface area (Å²) in [7, 11) is 0. The molecule has 0 bridgehead atoms. The number of amides is 1. The number of rotatable bonds is 6. The maximum atomic E-state index is 12.5. The van der Waals surface area contributed by atoms with E-state index in [9.17, 15) is 19.8 Å². The average molecular weight is 405 g/mol. The summed E-state index contributed by atoms with van der Waals surface area (Å²) in [5.74, 6) is -1.41. The number of benzene rings is 2. The Morgan fingerprint density at radius 2 is 1.53 bits per heavy atom. The smallest absolute Gasteiger partial charge is 0.329 e. The zero-order chi connectivity index (χ0) is 21.1. The highest BCUT2D eigenvalue weighted by atomic mass is 16.4. The highest BCUT2D eigenvalue weighted by Gasteiger charge is 2.43. The Kier molecular flexibility index (Phi) is 5.42. The lowest BCUT2D eigenvalue weighted by Gasteiger charge is -2.24. The number of carbonyl (C=O) groups is 2. The fourth-order valence-corrected chi connectivity index (χ4v) is 3.92. The van der Waals surface area contributed by atoms with Gasteiger partial charge in [0.1, 0.15) is 17.4 Å². The Hall–Kier alpha value is -3.38. The van der Waals surface area contributed by atoms with Crippen LogP contribution in [-0.2, 0) is 4.79 Å². The Balaban J connectivity index is 1.48. The Morgan fingerprint density at radius 1 is 0.900 bits per heavy atom. The molecule has 1 fully saturated rings. The maximum absolute atomic E-state index is 12.5. The third-order valence-corrected chi connectivity index (χ3v) is 5.67.